The fourth-order valence-corrected chi connectivity index (χ4v) is 63.4. The van der Waals surface area contributed by atoms with E-state index < -0.39 is 103 Å². The second-order valence-electron chi connectivity index (χ2n) is 30.9. The molecule has 3 unspecified atom stereocenters. The third-order valence-electron chi connectivity index (χ3n) is 13.5. The molecule has 0 radical (unpaired) electrons. The van der Waals surface area contributed by atoms with Gasteiger partial charge >= 0.3 is 51.4 Å². The molecule has 514 valence electrons. The minimum Gasteiger partial charge on any atom is -0.440 e. The third kappa shape index (κ3) is 67.1. The molecule has 0 bridgehead atoms. The smallest absolute Gasteiger partial charge is 0.317 e. The highest BCUT2D eigenvalue weighted by molar-refractivity contribution is 6.90. The van der Waals surface area contributed by atoms with E-state index in [0.717, 1.165) is 18.1 Å². The van der Waals surface area contributed by atoms with Gasteiger partial charge in [0.05, 0.1) is 0 Å². The zero-order valence-corrected chi connectivity index (χ0v) is 73.5. The van der Waals surface area contributed by atoms with Gasteiger partial charge in [0.15, 0.2) is 51.4 Å². The summed E-state index contributed by atoms with van der Waals surface area (Å²) in [6.45, 7) is 63.2. The molecule has 21 heteroatoms. The Bertz CT molecular complexity index is 1480. The van der Waals surface area contributed by atoms with Crippen LogP contribution in [0, 0.1) is 0 Å². The van der Waals surface area contributed by atoms with Gasteiger partial charge in [0.25, 0.3) is 0 Å². The Balaban J connectivity index is -0.000000435. The van der Waals surface area contributed by atoms with Gasteiger partial charge in [-0.1, -0.05) is 228 Å². The van der Waals surface area contributed by atoms with Crippen LogP contribution < -0.4 is 0 Å². The van der Waals surface area contributed by atoms with E-state index >= 15 is 0 Å². The standard InChI is InChI=1S/C35H82O4Si5.C18H46O3Si4.C8H24O2Si3.2CH4/c1-12-14-16-18-20-22-24-25-27-28-30-32-34-43(10,37-41(5,6)7)39-44(11,38-42(8,9)36-40(3)4)35-33-31-29-26-23-21-19-17-15-13-2;1-10-11-12-13-14-15-16-17-18-25(9,20-23(4,5)6)21-24(7,8)19-22(2)3;1-11(2,3)9-13(7,8)10-12(4,5)6;;/h40H,12-35H2,1-11H3;22H,10-18H2,1-9H3;1-8H3;2*1H4. The molecule has 9 nitrogen and oxygen atoms in total. The normalized spacial score (nSPS) is 15.1. The van der Waals surface area contributed by atoms with Crippen LogP contribution in [0.2, 0.25) is 182 Å². The van der Waals surface area contributed by atoms with Gasteiger partial charge in [-0.3, -0.25) is 0 Å². The number of hydrogen-bond donors (Lipinski definition) is 0. The van der Waals surface area contributed by atoms with E-state index in [1.807, 2.05) is 0 Å². The van der Waals surface area contributed by atoms with Crippen molar-refractivity contribution in [2.45, 2.75) is 410 Å². The summed E-state index contributed by atoms with van der Waals surface area (Å²) in [4.78, 5) is 0. The van der Waals surface area contributed by atoms with Gasteiger partial charge in [0.1, 0.15) is 0 Å². The molecular weight excluding hydrogens is 1240 g/mol. The molecule has 0 saturated carbocycles. The van der Waals surface area contributed by atoms with Gasteiger partial charge in [-0.2, -0.15) is 0 Å². The minimum absolute atomic E-state index is 0. The summed E-state index contributed by atoms with van der Waals surface area (Å²) < 4.78 is 59.7. The van der Waals surface area contributed by atoms with Crippen LogP contribution in [0.15, 0.2) is 0 Å². The van der Waals surface area contributed by atoms with Crippen molar-refractivity contribution in [1.82, 2.24) is 0 Å². The maximum Gasteiger partial charge on any atom is 0.317 e. The van der Waals surface area contributed by atoms with Crippen molar-refractivity contribution in [3.8, 4) is 0 Å². The van der Waals surface area contributed by atoms with Crippen molar-refractivity contribution in [2.24, 2.45) is 0 Å². The molecule has 0 aliphatic heterocycles. The molecule has 0 amide bonds. The first-order valence-electron chi connectivity index (χ1n) is 34.7. The predicted molar refractivity (Wildman–Crippen MR) is 412 cm³/mol. The predicted octanol–water partition coefficient (Wildman–Crippen LogP) is 24.8. The lowest BCUT2D eigenvalue weighted by atomic mass is 10.1. The lowest BCUT2D eigenvalue weighted by molar-refractivity contribution is 0.288. The first-order valence-corrected chi connectivity index (χ1v) is 69.9. The van der Waals surface area contributed by atoms with E-state index in [2.05, 4.69) is 184 Å². The summed E-state index contributed by atoms with van der Waals surface area (Å²) in [6, 6.07) is 3.28. The van der Waals surface area contributed by atoms with Gasteiger partial charge in [-0.15, -0.1) is 0 Å². The van der Waals surface area contributed by atoms with Crippen LogP contribution in [-0.4, -0.2) is 103 Å². The summed E-state index contributed by atoms with van der Waals surface area (Å²) in [5.74, 6) is 0. The van der Waals surface area contributed by atoms with E-state index in [9.17, 15) is 0 Å². The number of rotatable bonds is 51. The summed E-state index contributed by atoms with van der Waals surface area (Å²) in [5, 5.41) is 0. The molecule has 0 rings (SSSR count). The van der Waals surface area contributed by atoms with Crippen LogP contribution in [0.25, 0.3) is 0 Å². The van der Waals surface area contributed by atoms with Gasteiger partial charge in [0, 0.05) is 0 Å². The van der Waals surface area contributed by atoms with E-state index in [0.29, 0.717) is 0 Å². The summed E-state index contributed by atoms with van der Waals surface area (Å²) in [7, 11) is -21.7. The van der Waals surface area contributed by atoms with Crippen molar-refractivity contribution in [3.63, 3.8) is 0 Å². The molecule has 0 aliphatic carbocycles. The molecule has 84 heavy (non-hydrogen) atoms. The average molecular weight is 1400 g/mol. The quantitative estimate of drug-likeness (QED) is 0.0437. The second kappa shape index (κ2) is 49.8. The second-order valence-corrected chi connectivity index (χ2v) is 76.3. The highest BCUT2D eigenvalue weighted by atomic mass is 28.5. The molecule has 0 aromatic rings. The lowest BCUT2D eigenvalue weighted by Gasteiger charge is -2.43. The van der Waals surface area contributed by atoms with Crippen LogP contribution in [0.1, 0.15) is 228 Å². The minimum atomic E-state index is -2.46. The van der Waals surface area contributed by atoms with Gasteiger partial charge in [-0.25, -0.2) is 0 Å². The molecular formula is C63H160O9Si12. The Labute approximate surface area is 545 Å². The molecule has 0 heterocycles. The Morgan fingerprint density at radius 3 is 0.583 bits per heavy atom. The van der Waals surface area contributed by atoms with E-state index in [-0.39, 0.29) is 14.9 Å². The number of unbranched alkanes of at least 4 members (excludes halogenated alkanes) is 27. The van der Waals surface area contributed by atoms with E-state index in [4.69, 9.17) is 37.0 Å². The molecule has 0 aromatic carbocycles. The Hall–Kier alpha value is 2.24. The Morgan fingerprint density at radius 2 is 0.393 bits per heavy atom. The highest BCUT2D eigenvalue weighted by Gasteiger charge is 2.48. The lowest BCUT2D eigenvalue weighted by Crippen LogP contribution is -2.59. The zero-order chi connectivity index (χ0) is 63.9. The molecule has 3 atom stereocenters. The van der Waals surface area contributed by atoms with Crippen LogP contribution in [0.5, 0.6) is 0 Å². The van der Waals surface area contributed by atoms with Crippen LogP contribution in [0.3, 0.4) is 0 Å². The Morgan fingerprint density at radius 1 is 0.214 bits per heavy atom. The topological polar surface area (TPSA) is 83.1 Å². The summed E-state index contributed by atoms with van der Waals surface area (Å²) >= 11 is 0. The highest BCUT2D eigenvalue weighted by Crippen LogP contribution is 2.33. The maximum absolute atomic E-state index is 7.34. The molecule has 0 fully saturated rings. The van der Waals surface area contributed by atoms with Crippen molar-refractivity contribution in [3.05, 3.63) is 0 Å². The van der Waals surface area contributed by atoms with Gasteiger partial charge in [0.2, 0.25) is 0 Å². The zero-order valence-electron chi connectivity index (χ0n) is 61.2. The fourth-order valence-electron chi connectivity index (χ4n) is 11.6. The molecule has 0 aromatic heterocycles. The van der Waals surface area contributed by atoms with Gasteiger partial charge in [-0.05, 0) is 182 Å². The van der Waals surface area contributed by atoms with Crippen molar-refractivity contribution in [2.75, 3.05) is 0 Å². The van der Waals surface area contributed by atoms with Crippen LogP contribution in [-0.2, 0) is 37.0 Å². The van der Waals surface area contributed by atoms with E-state index in [1.165, 1.54) is 193 Å². The molecule has 0 N–H and O–H groups in total. The maximum atomic E-state index is 7.34. The molecule has 0 saturated heterocycles. The van der Waals surface area contributed by atoms with Crippen LogP contribution in [0.4, 0.5) is 0 Å². The summed E-state index contributed by atoms with van der Waals surface area (Å²) in [6.07, 6.45) is 41.0. The largest absolute Gasteiger partial charge is 0.440 e. The summed E-state index contributed by atoms with van der Waals surface area (Å²) in [5.41, 5.74) is 0. The average Bonchev–Trinajstić information content (AvgIpc) is 3.24. The SMILES string of the molecule is C.C.CCCCCCCCCCCCCC[Si](C)(O[Si](C)(C)C)O[Si](C)(CCCCCCCCCCCC)O[Si](C)(C)O[SiH](C)C.CCCCCCCCCC[Si](C)(O[Si](C)(C)C)O[Si](C)(C)O[SiH](C)C.C[Si](C)(C)O[Si](C)(C)O[Si](C)(C)C. The molecule has 0 spiro atoms. The number of hydrogen-bond acceptors (Lipinski definition) is 9. The fraction of sp³-hybridized carbons (Fsp3) is 1.00. The first-order chi connectivity index (χ1) is 37.5. The Kier molecular flexibility index (Phi) is 56.3. The molecule has 0 aliphatic rings. The van der Waals surface area contributed by atoms with Crippen molar-refractivity contribution >= 4 is 103 Å². The first kappa shape index (κ1) is 94.9. The van der Waals surface area contributed by atoms with Crippen molar-refractivity contribution < 1.29 is 37.0 Å². The van der Waals surface area contributed by atoms with E-state index in [1.54, 1.807) is 0 Å². The van der Waals surface area contributed by atoms with Gasteiger partial charge < -0.3 is 37.0 Å². The van der Waals surface area contributed by atoms with Crippen molar-refractivity contribution in [1.29, 1.82) is 0 Å². The van der Waals surface area contributed by atoms with Crippen LogP contribution >= 0.6 is 0 Å². The third-order valence-corrected chi connectivity index (χ3v) is 53.6. The monoisotopic (exact) mass is 1400 g/mol.